The van der Waals surface area contributed by atoms with Crippen molar-refractivity contribution >= 4 is 9.84 Å². The summed E-state index contributed by atoms with van der Waals surface area (Å²) in [5.74, 6) is 0.584. The number of benzene rings is 1. The molecule has 0 saturated carbocycles. The molecule has 1 rings (SSSR count). The van der Waals surface area contributed by atoms with Gasteiger partial charge in [0.25, 0.3) is 0 Å². The second-order valence-corrected chi connectivity index (χ2v) is 5.46. The number of sulfone groups is 1. The molecule has 0 aliphatic heterocycles. The van der Waals surface area contributed by atoms with Crippen molar-refractivity contribution in [3.63, 3.8) is 0 Å². The minimum atomic E-state index is -3.16. The molecule has 5 heteroatoms. The van der Waals surface area contributed by atoms with Crippen molar-refractivity contribution in [1.29, 1.82) is 0 Å². The summed E-state index contributed by atoms with van der Waals surface area (Å²) in [5.41, 5.74) is 0. The summed E-state index contributed by atoms with van der Waals surface area (Å²) in [6, 6.07) is 6.54. The first-order chi connectivity index (χ1) is 7.54. The molecule has 0 aliphatic carbocycles. The minimum Gasteiger partial charge on any atom is -0.492 e. The first kappa shape index (κ1) is 13.0. The van der Waals surface area contributed by atoms with Gasteiger partial charge in [0.2, 0.25) is 0 Å². The minimum absolute atomic E-state index is 0.286. The lowest BCUT2D eigenvalue weighted by Crippen LogP contribution is -2.20. The molecule has 0 radical (unpaired) electrons. The molecule has 0 spiro atoms. The molecule has 16 heavy (non-hydrogen) atoms. The van der Waals surface area contributed by atoms with Gasteiger partial charge in [-0.2, -0.15) is 0 Å². The second kappa shape index (κ2) is 5.86. The van der Waals surface area contributed by atoms with Gasteiger partial charge in [0.1, 0.15) is 12.4 Å². The van der Waals surface area contributed by atoms with E-state index in [2.05, 4.69) is 5.32 Å². The zero-order chi connectivity index (χ0) is 12.0. The van der Waals surface area contributed by atoms with Crippen LogP contribution in [0.3, 0.4) is 0 Å². The number of hydrogen-bond donors (Lipinski definition) is 1. The monoisotopic (exact) mass is 243 g/mol. The highest BCUT2D eigenvalue weighted by Crippen LogP contribution is 2.16. The van der Waals surface area contributed by atoms with Crippen LogP contribution in [-0.4, -0.2) is 34.4 Å². The van der Waals surface area contributed by atoms with Gasteiger partial charge in [-0.3, -0.25) is 0 Å². The van der Waals surface area contributed by atoms with Crippen molar-refractivity contribution in [2.45, 2.75) is 11.8 Å². The van der Waals surface area contributed by atoms with Crippen molar-refractivity contribution in [1.82, 2.24) is 5.32 Å². The van der Waals surface area contributed by atoms with Crippen LogP contribution in [0.2, 0.25) is 0 Å². The quantitative estimate of drug-likeness (QED) is 0.760. The molecule has 1 N–H and O–H groups in total. The maximum Gasteiger partial charge on any atom is 0.175 e. The number of hydrogen-bond acceptors (Lipinski definition) is 4. The van der Waals surface area contributed by atoms with Crippen LogP contribution in [0.15, 0.2) is 29.2 Å². The van der Waals surface area contributed by atoms with Crippen molar-refractivity contribution in [2.24, 2.45) is 0 Å². The molecule has 4 nitrogen and oxygen atoms in total. The number of likely N-dealkylation sites (N-methyl/N-ethyl adjacent to an activating group) is 1. The Bertz CT molecular complexity index is 429. The zero-order valence-electron chi connectivity index (χ0n) is 9.56. The predicted molar refractivity (Wildman–Crippen MR) is 63.6 cm³/mol. The fourth-order valence-electron chi connectivity index (χ4n) is 1.21. The van der Waals surface area contributed by atoms with Crippen molar-refractivity contribution in [2.75, 3.05) is 26.0 Å². The standard InChI is InChI=1S/C11H17NO3S/c1-3-12-7-8-15-10-5-4-6-11(9-10)16(2,13)14/h4-6,9,12H,3,7-8H2,1-2H3. The van der Waals surface area contributed by atoms with E-state index in [1.54, 1.807) is 24.3 Å². The van der Waals surface area contributed by atoms with Gasteiger partial charge in [0.15, 0.2) is 9.84 Å². The van der Waals surface area contributed by atoms with E-state index in [4.69, 9.17) is 4.74 Å². The van der Waals surface area contributed by atoms with Crippen LogP contribution in [0.4, 0.5) is 0 Å². The molecule has 0 aromatic heterocycles. The third-order valence-corrected chi connectivity index (χ3v) is 3.14. The normalized spacial score (nSPS) is 11.4. The third kappa shape index (κ3) is 4.20. The van der Waals surface area contributed by atoms with E-state index in [-0.39, 0.29) is 4.90 Å². The van der Waals surface area contributed by atoms with Gasteiger partial charge >= 0.3 is 0 Å². The second-order valence-electron chi connectivity index (χ2n) is 3.45. The van der Waals surface area contributed by atoms with Crippen molar-refractivity contribution < 1.29 is 13.2 Å². The zero-order valence-corrected chi connectivity index (χ0v) is 10.4. The highest BCUT2D eigenvalue weighted by Gasteiger charge is 2.07. The molecule has 90 valence electrons. The Morgan fingerprint density at radius 2 is 2.12 bits per heavy atom. The maximum atomic E-state index is 11.3. The Balaban J connectivity index is 2.62. The van der Waals surface area contributed by atoms with Crippen LogP contribution >= 0.6 is 0 Å². The van der Waals surface area contributed by atoms with Gasteiger partial charge in [-0.05, 0) is 24.7 Å². The first-order valence-corrected chi connectivity index (χ1v) is 7.07. The molecule has 0 heterocycles. The Kier molecular flexibility index (Phi) is 4.76. The molecule has 0 bridgehead atoms. The van der Waals surface area contributed by atoms with Gasteiger partial charge in [0, 0.05) is 12.8 Å². The van der Waals surface area contributed by atoms with Crippen LogP contribution in [0.5, 0.6) is 5.75 Å². The lowest BCUT2D eigenvalue weighted by atomic mass is 10.3. The van der Waals surface area contributed by atoms with E-state index in [1.165, 1.54) is 6.26 Å². The highest BCUT2D eigenvalue weighted by molar-refractivity contribution is 7.90. The van der Waals surface area contributed by atoms with E-state index in [0.29, 0.717) is 12.4 Å². The van der Waals surface area contributed by atoms with Gasteiger partial charge in [0.05, 0.1) is 4.90 Å². The Morgan fingerprint density at radius 3 is 2.75 bits per heavy atom. The number of nitrogens with one attached hydrogen (secondary N) is 1. The average Bonchev–Trinajstić information content (AvgIpc) is 2.24. The summed E-state index contributed by atoms with van der Waals surface area (Å²) in [6.45, 7) is 4.19. The largest absolute Gasteiger partial charge is 0.492 e. The molecule has 0 saturated heterocycles. The summed E-state index contributed by atoms with van der Waals surface area (Å²) in [4.78, 5) is 0.286. The smallest absolute Gasteiger partial charge is 0.175 e. The van der Waals surface area contributed by atoms with Gasteiger partial charge in [-0.15, -0.1) is 0 Å². The molecule has 0 aliphatic rings. The Morgan fingerprint density at radius 1 is 1.38 bits per heavy atom. The van der Waals surface area contributed by atoms with E-state index >= 15 is 0 Å². The van der Waals surface area contributed by atoms with Crippen LogP contribution in [-0.2, 0) is 9.84 Å². The van der Waals surface area contributed by atoms with Gasteiger partial charge < -0.3 is 10.1 Å². The van der Waals surface area contributed by atoms with Crippen LogP contribution in [0, 0.1) is 0 Å². The molecule has 1 aromatic rings. The lowest BCUT2D eigenvalue weighted by Gasteiger charge is -2.07. The molecule has 0 fully saturated rings. The lowest BCUT2D eigenvalue weighted by molar-refractivity contribution is 0.314. The van der Waals surface area contributed by atoms with Crippen LogP contribution in [0.1, 0.15) is 6.92 Å². The third-order valence-electron chi connectivity index (χ3n) is 2.03. The van der Waals surface area contributed by atoms with E-state index < -0.39 is 9.84 Å². The SMILES string of the molecule is CCNCCOc1cccc(S(C)(=O)=O)c1. The molecular formula is C11H17NO3S. The maximum absolute atomic E-state index is 11.3. The molecule has 0 unspecified atom stereocenters. The summed E-state index contributed by atoms with van der Waals surface area (Å²) in [5, 5.41) is 3.12. The summed E-state index contributed by atoms with van der Waals surface area (Å²) in [6.07, 6.45) is 1.19. The summed E-state index contributed by atoms with van der Waals surface area (Å²) >= 11 is 0. The molecule has 0 atom stereocenters. The Labute approximate surface area is 96.5 Å². The van der Waals surface area contributed by atoms with Gasteiger partial charge in [-0.1, -0.05) is 13.0 Å². The first-order valence-electron chi connectivity index (χ1n) is 5.17. The van der Waals surface area contributed by atoms with E-state index in [0.717, 1.165) is 13.1 Å². The summed E-state index contributed by atoms with van der Waals surface area (Å²) < 4.78 is 28.0. The fraction of sp³-hybridized carbons (Fsp3) is 0.455. The van der Waals surface area contributed by atoms with E-state index in [1.807, 2.05) is 6.92 Å². The molecule has 1 aromatic carbocycles. The molecule has 0 amide bonds. The Hall–Kier alpha value is -1.07. The van der Waals surface area contributed by atoms with Crippen LogP contribution in [0.25, 0.3) is 0 Å². The fourth-order valence-corrected chi connectivity index (χ4v) is 1.87. The van der Waals surface area contributed by atoms with Crippen molar-refractivity contribution in [3.8, 4) is 5.75 Å². The average molecular weight is 243 g/mol. The summed E-state index contributed by atoms with van der Waals surface area (Å²) in [7, 11) is -3.16. The number of rotatable bonds is 6. The van der Waals surface area contributed by atoms with Crippen LogP contribution < -0.4 is 10.1 Å². The van der Waals surface area contributed by atoms with Gasteiger partial charge in [-0.25, -0.2) is 8.42 Å². The molecular weight excluding hydrogens is 226 g/mol. The number of ether oxygens (including phenoxy) is 1. The van der Waals surface area contributed by atoms with Crippen molar-refractivity contribution in [3.05, 3.63) is 24.3 Å². The van der Waals surface area contributed by atoms with E-state index in [9.17, 15) is 8.42 Å². The topological polar surface area (TPSA) is 55.4 Å². The predicted octanol–water partition coefficient (Wildman–Crippen LogP) is 1.08. The highest BCUT2D eigenvalue weighted by atomic mass is 32.2.